The number of aliphatic carboxylic acids is 1. The third-order valence-electron chi connectivity index (χ3n) is 5.67. The van der Waals surface area contributed by atoms with Gasteiger partial charge in [0.1, 0.15) is 6.23 Å². The number of rotatable bonds is 10. The van der Waals surface area contributed by atoms with Gasteiger partial charge in [-0.2, -0.15) is 0 Å². The van der Waals surface area contributed by atoms with Crippen LogP contribution in [0.25, 0.3) is 11.1 Å². The van der Waals surface area contributed by atoms with Crippen LogP contribution in [-0.2, 0) is 16.1 Å². The first-order valence-corrected chi connectivity index (χ1v) is 10.9. The number of likely N-dealkylation sites (tertiary alicyclic amines) is 1. The van der Waals surface area contributed by atoms with E-state index < -0.39 is 5.97 Å². The summed E-state index contributed by atoms with van der Waals surface area (Å²) >= 11 is 0. The summed E-state index contributed by atoms with van der Waals surface area (Å²) in [5.74, 6) is -0.697. The molecule has 1 N–H and O–H groups in total. The first-order valence-electron chi connectivity index (χ1n) is 10.9. The van der Waals surface area contributed by atoms with E-state index in [0.29, 0.717) is 6.61 Å². The Labute approximate surface area is 174 Å². The van der Waals surface area contributed by atoms with Crippen molar-refractivity contribution in [3.8, 4) is 11.1 Å². The Morgan fingerprint density at radius 1 is 1.00 bits per heavy atom. The van der Waals surface area contributed by atoms with E-state index in [9.17, 15) is 4.79 Å². The molecule has 1 aliphatic heterocycles. The summed E-state index contributed by atoms with van der Waals surface area (Å²) in [6.07, 6.45) is 6.75. The highest BCUT2D eigenvalue weighted by atomic mass is 16.5. The Hall–Kier alpha value is -2.17. The molecule has 0 bridgehead atoms. The summed E-state index contributed by atoms with van der Waals surface area (Å²) in [5.41, 5.74) is 4.95. The zero-order valence-electron chi connectivity index (χ0n) is 17.5. The second-order valence-electron chi connectivity index (χ2n) is 8.06. The minimum atomic E-state index is -0.697. The number of piperidine rings is 1. The first kappa shape index (κ1) is 21.5. The minimum Gasteiger partial charge on any atom is -0.481 e. The second kappa shape index (κ2) is 11.1. The zero-order valence-corrected chi connectivity index (χ0v) is 17.5. The third kappa shape index (κ3) is 6.98. The largest absolute Gasteiger partial charge is 0.481 e. The number of ether oxygens (including phenoxy) is 1. The summed E-state index contributed by atoms with van der Waals surface area (Å²) in [6.45, 7) is 4.82. The molecule has 0 amide bonds. The van der Waals surface area contributed by atoms with Crippen LogP contribution in [0.2, 0.25) is 0 Å². The van der Waals surface area contributed by atoms with Crippen molar-refractivity contribution in [3.05, 3.63) is 59.7 Å². The fourth-order valence-electron chi connectivity index (χ4n) is 3.90. The number of aryl methyl sites for hydroxylation is 1. The van der Waals surface area contributed by atoms with Gasteiger partial charge in [-0.1, -0.05) is 60.5 Å². The number of carboxylic acid groups (broad SMARTS) is 1. The average molecular weight is 396 g/mol. The molecule has 0 aliphatic carbocycles. The van der Waals surface area contributed by atoms with E-state index in [1.807, 2.05) is 0 Å². The monoisotopic (exact) mass is 395 g/mol. The van der Waals surface area contributed by atoms with Crippen LogP contribution < -0.4 is 0 Å². The molecule has 0 saturated carbocycles. The molecular weight excluding hydrogens is 362 g/mol. The van der Waals surface area contributed by atoms with Crippen LogP contribution in [0.4, 0.5) is 0 Å². The Morgan fingerprint density at radius 2 is 1.69 bits per heavy atom. The Balaban J connectivity index is 1.47. The summed E-state index contributed by atoms with van der Waals surface area (Å²) < 4.78 is 6.27. The van der Waals surface area contributed by atoms with E-state index in [2.05, 4.69) is 60.4 Å². The molecule has 0 aromatic heterocycles. The normalized spacial score (nSPS) is 17.3. The fraction of sp³-hybridized carbons (Fsp3) is 0.480. The smallest absolute Gasteiger partial charge is 0.303 e. The molecule has 0 radical (unpaired) electrons. The van der Waals surface area contributed by atoms with Crippen LogP contribution in [0.3, 0.4) is 0 Å². The minimum absolute atomic E-state index is 0.181. The lowest BCUT2D eigenvalue weighted by Gasteiger charge is -2.35. The SMILES string of the molecule is Cc1ccc(-c2ccc(COC3CCCCN3CCCCCC(=O)O)cc2)cc1. The molecule has 1 fully saturated rings. The lowest BCUT2D eigenvalue weighted by Crippen LogP contribution is -2.41. The van der Waals surface area contributed by atoms with Crippen molar-refractivity contribution in [3.63, 3.8) is 0 Å². The van der Waals surface area contributed by atoms with Gasteiger partial charge >= 0.3 is 5.97 Å². The molecule has 2 aromatic rings. The quantitative estimate of drug-likeness (QED) is 0.529. The van der Waals surface area contributed by atoms with Crippen LogP contribution in [0.15, 0.2) is 48.5 Å². The van der Waals surface area contributed by atoms with E-state index in [1.165, 1.54) is 35.1 Å². The fourth-order valence-corrected chi connectivity index (χ4v) is 3.90. The van der Waals surface area contributed by atoms with Gasteiger partial charge in [-0.15, -0.1) is 0 Å². The molecule has 1 atom stereocenters. The van der Waals surface area contributed by atoms with Crippen molar-refractivity contribution >= 4 is 5.97 Å². The molecule has 4 heteroatoms. The predicted molar refractivity (Wildman–Crippen MR) is 117 cm³/mol. The summed E-state index contributed by atoms with van der Waals surface area (Å²) in [7, 11) is 0. The molecule has 156 valence electrons. The molecule has 29 heavy (non-hydrogen) atoms. The maximum Gasteiger partial charge on any atom is 0.303 e. The van der Waals surface area contributed by atoms with Crippen molar-refractivity contribution in [2.24, 2.45) is 0 Å². The first-order chi connectivity index (χ1) is 14.1. The predicted octanol–water partition coefficient (Wildman–Crippen LogP) is 5.64. The van der Waals surface area contributed by atoms with Gasteiger partial charge in [-0.3, -0.25) is 9.69 Å². The van der Waals surface area contributed by atoms with Gasteiger partial charge in [0.2, 0.25) is 0 Å². The molecule has 1 aliphatic rings. The highest BCUT2D eigenvalue weighted by Gasteiger charge is 2.22. The number of carboxylic acids is 1. The summed E-state index contributed by atoms with van der Waals surface area (Å²) in [5, 5.41) is 8.74. The van der Waals surface area contributed by atoms with Gasteiger partial charge in [-0.25, -0.2) is 0 Å². The van der Waals surface area contributed by atoms with Crippen molar-refractivity contribution < 1.29 is 14.6 Å². The maximum atomic E-state index is 10.6. The maximum absolute atomic E-state index is 10.6. The highest BCUT2D eigenvalue weighted by Crippen LogP contribution is 2.23. The van der Waals surface area contributed by atoms with Gasteiger partial charge in [0.25, 0.3) is 0 Å². The van der Waals surface area contributed by atoms with E-state index in [0.717, 1.165) is 38.8 Å². The van der Waals surface area contributed by atoms with Crippen LogP contribution in [0.5, 0.6) is 0 Å². The van der Waals surface area contributed by atoms with Gasteiger partial charge in [-0.05, 0) is 55.7 Å². The zero-order chi connectivity index (χ0) is 20.5. The van der Waals surface area contributed by atoms with Crippen LogP contribution in [0.1, 0.15) is 56.1 Å². The molecular formula is C25H33NO3. The second-order valence-corrected chi connectivity index (χ2v) is 8.06. The lowest BCUT2D eigenvalue weighted by atomic mass is 10.0. The van der Waals surface area contributed by atoms with Gasteiger partial charge in [0.15, 0.2) is 0 Å². The van der Waals surface area contributed by atoms with Crippen LogP contribution >= 0.6 is 0 Å². The van der Waals surface area contributed by atoms with Crippen LogP contribution in [-0.4, -0.2) is 35.3 Å². The van der Waals surface area contributed by atoms with Crippen molar-refractivity contribution in [2.75, 3.05) is 13.1 Å². The molecule has 0 spiro atoms. The van der Waals surface area contributed by atoms with Crippen molar-refractivity contribution in [2.45, 2.75) is 64.7 Å². The number of hydrogen-bond donors (Lipinski definition) is 1. The number of unbranched alkanes of at least 4 members (excludes halogenated alkanes) is 2. The Morgan fingerprint density at radius 3 is 2.38 bits per heavy atom. The van der Waals surface area contributed by atoms with E-state index >= 15 is 0 Å². The Bertz CT molecular complexity index is 755. The van der Waals surface area contributed by atoms with Gasteiger partial charge in [0.05, 0.1) is 6.61 Å². The van der Waals surface area contributed by atoms with Gasteiger partial charge < -0.3 is 9.84 Å². The topological polar surface area (TPSA) is 49.8 Å². The molecule has 2 aromatic carbocycles. The van der Waals surface area contributed by atoms with Crippen molar-refractivity contribution in [1.82, 2.24) is 4.90 Å². The van der Waals surface area contributed by atoms with E-state index in [1.54, 1.807) is 0 Å². The number of carbonyl (C=O) groups is 1. The molecule has 1 heterocycles. The van der Waals surface area contributed by atoms with Gasteiger partial charge in [0, 0.05) is 19.5 Å². The molecule has 3 rings (SSSR count). The molecule has 4 nitrogen and oxygen atoms in total. The average Bonchev–Trinajstić information content (AvgIpc) is 2.73. The number of hydrogen-bond acceptors (Lipinski definition) is 3. The van der Waals surface area contributed by atoms with E-state index in [-0.39, 0.29) is 12.6 Å². The third-order valence-corrected chi connectivity index (χ3v) is 5.67. The number of benzene rings is 2. The number of nitrogens with zero attached hydrogens (tertiary/aromatic N) is 1. The molecule has 1 unspecified atom stereocenters. The van der Waals surface area contributed by atoms with Crippen molar-refractivity contribution in [1.29, 1.82) is 0 Å². The van der Waals surface area contributed by atoms with Crippen LogP contribution in [0, 0.1) is 6.92 Å². The Kier molecular flexibility index (Phi) is 8.26. The summed E-state index contributed by atoms with van der Waals surface area (Å²) in [6, 6.07) is 17.3. The highest BCUT2D eigenvalue weighted by molar-refractivity contribution is 5.66. The standard InChI is InChI=1S/C25H33NO3/c1-20-9-13-22(14-10-20)23-15-11-21(12-16-23)19-29-24-7-4-6-18-26(24)17-5-2-3-8-25(27)28/h9-16,24H,2-8,17-19H2,1H3,(H,27,28). The summed E-state index contributed by atoms with van der Waals surface area (Å²) in [4.78, 5) is 13.1. The molecule has 1 saturated heterocycles. The lowest BCUT2D eigenvalue weighted by molar-refractivity contribution is -0.137. The van der Waals surface area contributed by atoms with E-state index in [4.69, 9.17) is 9.84 Å².